The lowest BCUT2D eigenvalue weighted by atomic mass is 9.82. The summed E-state index contributed by atoms with van der Waals surface area (Å²) in [5, 5.41) is 10.3. The number of carbonyl (C=O) groups excluding carboxylic acids is 1. The van der Waals surface area contributed by atoms with E-state index >= 15 is 0 Å². The van der Waals surface area contributed by atoms with Crippen molar-refractivity contribution >= 4 is 17.6 Å². The number of nitrogens with two attached hydrogens (primary N) is 1. The summed E-state index contributed by atoms with van der Waals surface area (Å²) in [5.74, 6) is 1.08. The van der Waals surface area contributed by atoms with Gasteiger partial charge in [-0.15, -0.1) is 5.10 Å². The second-order valence-electron chi connectivity index (χ2n) is 5.90. The molecule has 2 amide bonds. The number of benzene rings is 1. The van der Waals surface area contributed by atoms with Crippen LogP contribution >= 0.6 is 11.6 Å². The van der Waals surface area contributed by atoms with Crippen LogP contribution in [0.15, 0.2) is 24.3 Å². The minimum Gasteiger partial charge on any atom is -0.437 e. The molecule has 1 aromatic carbocycles. The molecule has 0 saturated heterocycles. The van der Waals surface area contributed by atoms with Gasteiger partial charge in [-0.3, -0.25) is 5.10 Å². The first kappa shape index (κ1) is 17.1. The van der Waals surface area contributed by atoms with E-state index < -0.39 is 6.03 Å². The van der Waals surface area contributed by atoms with Gasteiger partial charge in [0.05, 0.1) is 12.2 Å². The van der Waals surface area contributed by atoms with E-state index in [0.717, 1.165) is 17.7 Å². The van der Waals surface area contributed by atoms with Gasteiger partial charge in [0.2, 0.25) is 5.88 Å². The Labute approximate surface area is 140 Å². The van der Waals surface area contributed by atoms with Gasteiger partial charge in [0.15, 0.2) is 0 Å². The smallest absolute Gasteiger partial charge is 0.312 e. The lowest BCUT2D eigenvalue weighted by Gasteiger charge is -2.24. The van der Waals surface area contributed by atoms with E-state index in [1.807, 2.05) is 12.1 Å². The largest absolute Gasteiger partial charge is 0.437 e. The predicted molar refractivity (Wildman–Crippen MR) is 89.9 cm³/mol. The van der Waals surface area contributed by atoms with Crippen molar-refractivity contribution < 1.29 is 9.53 Å². The van der Waals surface area contributed by atoms with Crippen LogP contribution in [0, 0.1) is 0 Å². The molecule has 6 nitrogen and oxygen atoms in total. The van der Waals surface area contributed by atoms with Crippen LogP contribution in [-0.4, -0.2) is 16.2 Å². The number of H-pyrrole nitrogens is 1. The molecule has 23 heavy (non-hydrogen) atoms. The molecule has 7 heteroatoms. The normalized spacial score (nSPS) is 11.3. The third-order valence-corrected chi connectivity index (χ3v) is 4.05. The van der Waals surface area contributed by atoms with Crippen molar-refractivity contribution in [3.8, 4) is 11.6 Å². The number of hydrogen-bond donors (Lipinski definition) is 3. The number of halogens is 1. The van der Waals surface area contributed by atoms with Gasteiger partial charge in [0.25, 0.3) is 0 Å². The Morgan fingerprint density at radius 1 is 1.48 bits per heavy atom. The Morgan fingerprint density at radius 2 is 2.22 bits per heavy atom. The molecular formula is C16H21ClN4O2. The first-order chi connectivity index (χ1) is 10.8. The van der Waals surface area contributed by atoms with E-state index in [1.165, 1.54) is 0 Å². The second kappa shape index (κ2) is 6.91. The van der Waals surface area contributed by atoms with Crippen LogP contribution in [0.2, 0.25) is 5.02 Å². The standard InChI is InChI=1S/C16H21ClN4O2/c1-4-16(2,3)13-12(9-19-15(18)22)20-21-14(13)23-11-7-5-6-10(17)8-11/h5-8H,4,9H2,1-3H3,(H,20,21)(H3,18,19,22). The van der Waals surface area contributed by atoms with Crippen LogP contribution < -0.4 is 15.8 Å². The average molecular weight is 337 g/mol. The number of urea groups is 1. The SMILES string of the molecule is CCC(C)(C)c1c(Oc2cccc(Cl)c2)n[nH]c1CNC(N)=O. The Kier molecular flexibility index (Phi) is 5.15. The molecule has 0 bridgehead atoms. The minimum absolute atomic E-state index is 0.185. The highest BCUT2D eigenvalue weighted by Crippen LogP contribution is 2.37. The highest BCUT2D eigenvalue weighted by molar-refractivity contribution is 6.30. The Balaban J connectivity index is 2.37. The highest BCUT2D eigenvalue weighted by atomic mass is 35.5. The van der Waals surface area contributed by atoms with Crippen LogP contribution in [-0.2, 0) is 12.0 Å². The molecule has 124 valence electrons. The molecule has 0 radical (unpaired) electrons. The van der Waals surface area contributed by atoms with Crippen LogP contribution in [0.1, 0.15) is 38.4 Å². The van der Waals surface area contributed by atoms with Gasteiger partial charge in [0.1, 0.15) is 5.75 Å². The van der Waals surface area contributed by atoms with E-state index in [-0.39, 0.29) is 12.0 Å². The first-order valence-corrected chi connectivity index (χ1v) is 7.75. The van der Waals surface area contributed by atoms with E-state index in [4.69, 9.17) is 22.1 Å². The van der Waals surface area contributed by atoms with Gasteiger partial charge in [-0.05, 0) is 30.0 Å². The van der Waals surface area contributed by atoms with Crippen molar-refractivity contribution in [2.45, 2.75) is 39.2 Å². The fraction of sp³-hybridized carbons (Fsp3) is 0.375. The molecule has 0 aliphatic rings. The summed E-state index contributed by atoms with van der Waals surface area (Å²) in [6, 6.07) is 6.53. The van der Waals surface area contributed by atoms with E-state index in [0.29, 0.717) is 16.7 Å². The van der Waals surface area contributed by atoms with Crippen molar-refractivity contribution in [1.82, 2.24) is 15.5 Å². The van der Waals surface area contributed by atoms with Crippen molar-refractivity contribution in [1.29, 1.82) is 0 Å². The predicted octanol–water partition coefficient (Wildman–Crippen LogP) is 3.71. The van der Waals surface area contributed by atoms with Crippen LogP contribution in [0.4, 0.5) is 4.79 Å². The van der Waals surface area contributed by atoms with Gasteiger partial charge in [-0.1, -0.05) is 38.4 Å². The summed E-state index contributed by atoms with van der Waals surface area (Å²) >= 11 is 5.99. The number of rotatable bonds is 6. The monoisotopic (exact) mass is 336 g/mol. The zero-order valence-electron chi connectivity index (χ0n) is 13.4. The summed E-state index contributed by atoms with van der Waals surface area (Å²) in [7, 11) is 0. The molecule has 1 aromatic heterocycles. The molecule has 0 aliphatic heterocycles. The van der Waals surface area contributed by atoms with Crippen molar-refractivity contribution in [2.75, 3.05) is 0 Å². The number of primary amides is 1. The van der Waals surface area contributed by atoms with E-state index in [2.05, 4.69) is 36.3 Å². The number of aromatic nitrogens is 2. The Bertz CT molecular complexity index is 697. The number of hydrogen-bond acceptors (Lipinski definition) is 3. The molecule has 0 spiro atoms. The number of nitrogens with one attached hydrogen (secondary N) is 2. The molecule has 2 aromatic rings. The average Bonchev–Trinajstić information content (AvgIpc) is 2.88. The number of ether oxygens (including phenoxy) is 1. The molecule has 2 rings (SSSR count). The van der Waals surface area contributed by atoms with Gasteiger partial charge < -0.3 is 15.8 Å². The second-order valence-corrected chi connectivity index (χ2v) is 6.33. The third-order valence-electron chi connectivity index (χ3n) is 3.82. The van der Waals surface area contributed by atoms with Gasteiger partial charge in [-0.25, -0.2) is 4.79 Å². The fourth-order valence-corrected chi connectivity index (χ4v) is 2.43. The van der Waals surface area contributed by atoms with E-state index in [1.54, 1.807) is 12.1 Å². The van der Waals surface area contributed by atoms with Crippen molar-refractivity contribution in [2.24, 2.45) is 5.73 Å². The summed E-state index contributed by atoms with van der Waals surface area (Å²) in [6.07, 6.45) is 0.877. The Morgan fingerprint density at radius 3 is 2.83 bits per heavy atom. The molecular weight excluding hydrogens is 316 g/mol. The zero-order chi connectivity index (χ0) is 17.0. The number of nitrogens with zero attached hydrogens (tertiary/aromatic N) is 1. The van der Waals surface area contributed by atoms with Crippen LogP contribution in [0.25, 0.3) is 0 Å². The van der Waals surface area contributed by atoms with Gasteiger partial charge in [0, 0.05) is 10.6 Å². The van der Waals surface area contributed by atoms with Gasteiger partial charge >= 0.3 is 6.03 Å². The fourth-order valence-electron chi connectivity index (χ4n) is 2.25. The summed E-state index contributed by atoms with van der Waals surface area (Å²) in [5.41, 5.74) is 6.65. The third kappa shape index (κ3) is 4.16. The molecule has 0 aliphatic carbocycles. The maximum atomic E-state index is 11.0. The maximum Gasteiger partial charge on any atom is 0.312 e. The van der Waals surface area contributed by atoms with Crippen LogP contribution in [0.3, 0.4) is 0 Å². The van der Waals surface area contributed by atoms with E-state index in [9.17, 15) is 4.79 Å². The maximum absolute atomic E-state index is 11.0. The minimum atomic E-state index is -0.586. The van der Waals surface area contributed by atoms with Gasteiger partial charge in [-0.2, -0.15) is 0 Å². The van der Waals surface area contributed by atoms with Crippen molar-refractivity contribution in [3.63, 3.8) is 0 Å². The summed E-state index contributed by atoms with van der Waals surface area (Å²) < 4.78 is 5.90. The number of carbonyl (C=O) groups is 1. The number of aromatic amines is 1. The highest BCUT2D eigenvalue weighted by Gasteiger charge is 2.29. The zero-order valence-corrected chi connectivity index (χ0v) is 14.2. The van der Waals surface area contributed by atoms with Crippen LogP contribution in [0.5, 0.6) is 11.6 Å². The quantitative estimate of drug-likeness (QED) is 0.750. The topological polar surface area (TPSA) is 93.0 Å². The van der Waals surface area contributed by atoms with Crippen molar-refractivity contribution in [3.05, 3.63) is 40.5 Å². The molecule has 0 unspecified atom stereocenters. The lowest BCUT2D eigenvalue weighted by Crippen LogP contribution is -2.30. The lowest BCUT2D eigenvalue weighted by molar-refractivity contribution is 0.248. The molecule has 0 saturated carbocycles. The summed E-state index contributed by atoms with van der Waals surface area (Å²) in [4.78, 5) is 11.0. The molecule has 1 heterocycles. The Hall–Kier alpha value is -2.21. The molecule has 0 fully saturated rings. The first-order valence-electron chi connectivity index (χ1n) is 7.38. The summed E-state index contributed by atoms with van der Waals surface area (Å²) in [6.45, 7) is 6.54. The molecule has 4 N–H and O–H groups in total. The number of amides is 2. The molecule has 0 atom stereocenters.